The largest absolute Gasteiger partial charge is 0.260 e. The average Bonchev–Trinajstić information content (AvgIpc) is 2.54. The van der Waals surface area contributed by atoms with Crippen molar-refractivity contribution in [3.63, 3.8) is 0 Å². The molecule has 120 valence electrons. The fourth-order valence-electron chi connectivity index (χ4n) is 2.26. The lowest BCUT2D eigenvalue weighted by molar-refractivity contribution is 0.408. The lowest BCUT2D eigenvalue weighted by Crippen LogP contribution is -2.32. The molecule has 0 bridgehead atoms. The lowest BCUT2D eigenvalue weighted by Gasteiger charge is -2.22. The number of nitriles is 1. The van der Waals surface area contributed by atoms with Gasteiger partial charge in [-0.3, -0.25) is 4.98 Å². The highest BCUT2D eigenvalue weighted by molar-refractivity contribution is 7.89. The zero-order valence-electron chi connectivity index (χ0n) is 13.2. The number of rotatable bonds is 6. The second kappa shape index (κ2) is 7.36. The third-order valence-corrected chi connectivity index (χ3v) is 5.49. The molecule has 0 aliphatic heterocycles. The summed E-state index contributed by atoms with van der Waals surface area (Å²) in [6.07, 6.45) is 1.76. The van der Waals surface area contributed by atoms with E-state index in [1.54, 1.807) is 37.4 Å². The summed E-state index contributed by atoms with van der Waals surface area (Å²) >= 11 is 0. The van der Waals surface area contributed by atoms with Crippen molar-refractivity contribution in [3.05, 3.63) is 59.4 Å². The summed E-state index contributed by atoms with van der Waals surface area (Å²) in [4.78, 5) is 4.47. The minimum Gasteiger partial charge on any atom is -0.260 e. The molecule has 0 atom stereocenters. The van der Waals surface area contributed by atoms with Crippen molar-refractivity contribution in [1.82, 2.24) is 9.29 Å². The Bertz CT molecular complexity index is 811. The molecule has 0 unspecified atom stereocenters. The number of aryl methyl sites for hydroxylation is 2. The molecule has 0 aliphatic rings. The summed E-state index contributed by atoms with van der Waals surface area (Å²) in [5.41, 5.74) is 2.23. The molecule has 0 saturated carbocycles. The molecule has 1 aromatic carbocycles. The summed E-state index contributed by atoms with van der Waals surface area (Å²) < 4.78 is 27.3. The highest BCUT2D eigenvalue weighted by atomic mass is 32.2. The van der Waals surface area contributed by atoms with Crippen LogP contribution in [0.1, 0.15) is 23.2 Å². The van der Waals surface area contributed by atoms with Gasteiger partial charge in [0.05, 0.1) is 23.2 Å². The van der Waals surface area contributed by atoms with Crippen LogP contribution >= 0.6 is 0 Å². The molecule has 0 fully saturated rings. The van der Waals surface area contributed by atoms with Crippen LogP contribution in [-0.2, 0) is 16.6 Å². The maximum absolute atomic E-state index is 13.0. The van der Waals surface area contributed by atoms with E-state index in [4.69, 9.17) is 5.26 Å². The van der Waals surface area contributed by atoms with E-state index in [-0.39, 0.29) is 24.4 Å². The molecular weight excluding hydrogens is 310 g/mol. The van der Waals surface area contributed by atoms with Crippen LogP contribution in [-0.4, -0.2) is 24.3 Å². The van der Waals surface area contributed by atoms with Crippen LogP contribution in [0.5, 0.6) is 0 Å². The Morgan fingerprint density at radius 2 is 2.00 bits per heavy atom. The van der Waals surface area contributed by atoms with Gasteiger partial charge in [-0.15, -0.1) is 0 Å². The van der Waals surface area contributed by atoms with Gasteiger partial charge in [0.2, 0.25) is 10.0 Å². The standard InChI is InChI=1S/C17H19N3O2S/c1-14-7-8-15(2)17(12-14)23(21,22)20(11-5-9-18)13-16-6-3-4-10-19-16/h3-4,6-8,10,12H,5,11,13H2,1-2H3. The van der Waals surface area contributed by atoms with E-state index in [1.807, 2.05) is 25.1 Å². The Labute approximate surface area is 137 Å². The number of aromatic nitrogens is 1. The Kier molecular flexibility index (Phi) is 5.48. The second-order valence-electron chi connectivity index (χ2n) is 5.34. The van der Waals surface area contributed by atoms with Crippen LogP contribution in [0.4, 0.5) is 0 Å². The molecule has 0 amide bonds. The van der Waals surface area contributed by atoms with Crippen LogP contribution in [0, 0.1) is 25.2 Å². The van der Waals surface area contributed by atoms with Crippen molar-refractivity contribution in [2.75, 3.05) is 6.54 Å². The van der Waals surface area contributed by atoms with Crippen LogP contribution in [0.2, 0.25) is 0 Å². The summed E-state index contributed by atoms with van der Waals surface area (Å²) in [6.45, 7) is 3.92. The van der Waals surface area contributed by atoms with Crippen LogP contribution in [0.25, 0.3) is 0 Å². The van der Waals surface area contributed by atoms with Crippen molar-refractivity contribution < 1.29 is 8.42 Å². The second-order valence-corrected chi connectivity index (χ2v) is 7.24. The van der Waals surface area contributed by atoms with Gasteiger partial charge in [0.25, 0.3) is 0 Å². The molecular formula is C17H19N3O2S. The van der Waals surface area contributed by atoms with Crippen molar-refractivity contribution in [2.24, 2.45) is 0 Å². The zero-order chi connectivity index (χ0) is 16.9. The van der Waals surface area contributed by atoms with Crippen LogP contribution in [0.3, 0.4) is 0 Å². The minimum atomic E-state index is -3.68. The summed E-state index contributed by atoms with van der Waals surface area (Å²) in [5.74, 6) is 0. The highest BCUT2D eigenvalue weighted by Gasteiger charge is 2.26. The van der Waals surface area contributed by atoms with E-state index in [0.29, 0.717) is 11.3 Å². The first-order valence-electron chi connectivity index (χ1n) is 7.29. The highest BCUT2D eigenvalue weighted by Crippen LogP contribution is 2.22. The third kappa shape index (κ3) is 4.15. The first-order valence-corrected chi connectivity index (χ1v) is 8.73. The predicted molar refractivity (Wildman–Crippen MR) is 88.0 cm³/mol. The van der Waals surface area contributed by atoms with Crippen molar-refractivity contribution in [2.45, 2.75) is 31.7 Å². The quantitative estimate of drug-likeness (QED) is 0.817. The monoisotopic (exact) mass is 329 g/mol. The number of pyridine rings is 1. The molecule has 0 saturated heterocycles. The molecule has 23 heavy (non-hydrogen) atoms. The van der Waals surface area contributed by atoms with Gasteiger partial charge in [-0.2, -0.15) is 9.57 Å². The van der Waals surface area contributed by atoms with E-state index < -0.39 is 10.0 Å². The summed E-state index contributed by atoms with van der Waals surface area (Å²) in [6, 6.07) is 12.7. The van der Waals surface area contributed by atoms with E-state index in [1.165, 1.54) is 4.31 Å². The van der Waals surface area contributed by atoms with E-state index >= 15 is 0 Å². The molecule has 0 aliphatic carbocycles. The molecule has 1 heterocycles. The van der Waals surface area contributed by atoms with E-state index in [2.05, 4.69) is 4.98 Å². The Balaban J connectivity index is 2.40. The molecule has 2 rings (SSSR count). The van der Waals surface area contributed by atoms with Crippen molar-refractivity contribution in [1.29, 1.82) is 5.26 Å². The number of benzene rings is 1. The smallest absolute Gasteiger partial charge is 0.243 e. The van der Waals surface area contributed by atoms with Crippen LogP contribution < -0.4 is 0 Å². The predicted octanol–water partition coefficient (Wildman–Crippen LogP) is 2.80. The van der Waals surface area contributed by atoms with Gasteiger partial charge < -0.3 is 0 Å². The maximum atomic E-state index is 13.0. The Hall–Kier alpha value is -2.23. The van der Waals surface area contributed by atoms with Gasteiger partial charge >= 0.3 is 0 Å². The summed E-state index contributed by atoms with van der Waals surface area (Å²) in [7, 11) is -3.68. The van der Waals surface area contributed by atoms with Gasteiger partial charge in [-0.1, -0.05) is 18.2 Å². The number of nitrogens with zero attached hydrogens (tertiary/aromatic N) is 3. The SMILES string of the molecule is Cc1ccc(C)c(S(=O)(=O)N(CCC#N)Cc2ccccn2)c1. The molecule has 1 aromatic heterocycles. The van der Waals surface area contributed by atoms with Crippen LogP contribution in [0.15, 0.2) is 47.5 Å². The lowest BCUT2D eigenvalue weighted by atomic mass is 10.2. The Morgan fingerprint density at radius 3 is 2.65 bits per heavy atom. The molecule has 5 nitrogen and oxygen atoms in total. The Morgan fingerprint density at radius 1 is 1.22 bits per heavy atom. The number of hydrogen-bond acceptors (Lipinski definition) is 4. The van der Waals surface area contributed by atoms with Gasteiger partial charge in [0.1, 0.15) is 0 Å². The average molecular weight is 329 g/mol. The zero-order valence-corrected chi connectivity index (χ0v) is 14.0. The van der Waals surface area contributed by atoms with Gasteiger partial charge in [-0.05, 0) is 43.2 Å². The van der Waals surface area contributed by atoms with E-state index in [0.717, 1.165) is 5.56 Å². The minimum absolute atomic E-state index is 0.136. The molecule has 0 spiro atoms. The first kappa shape index (κ1) is 17.1. The fourth-order valence-corrected chi connectivity index (χ4v) is 3.98. The maximum Gasteiger partial charge on any atom is 0.243 e. The topological polar surface area (TPSA) is 74.1 Å². The summed E-state index contributed by atoms with van der Waals surface area (Å²) in [5, 5.41) is 8.83. The third-order valence-electron chi connectivity index (χ3n) is 3.50. The first-order chi connectivity index (χ1) is 10.9. The van der Waals surface area contributed by atoms with Crippen molar-refractivity contribution in [3.8, 4) is 6.07 Å². The van der Waals surface area contributed by atoms with E-state index in [9.17, 15) is 8.42 Å². The van der Waals surface area contributed by atoms with Gasteiger partial charge in [-0.25, -0.2) is 8.42 Å². The number of hydrogen-bond donors (Lipinski definition) is 0. The molecule has 6 heteroatoms. The molecule has 2 aromatic rings. The van der Waals surface area contributed by atoms with Gasteiger partial charge in [0.15, 0.2) is 0 Å². The normalized spacial score (nSPS) is 11.4. The van der Waals surface area contributed by atoms with Gasteiger partial charge in [0, 0.05) is 19.2 Å². The van der Waals surface area contributed by atoms with Crippen molar-refractivity contribution >= 4 is 10.0 Å². The molecule has 0 N–H and O–H groups in total. The number of sulfonamides is 1. The molecule has 0 radical (unpaired) electrons. The fraction of sp³-hybridized carbons (Fsp3) is 0.294.